The second-order valence-corrected chi connectivity index (χ2v) is 5.42. The number of methoxy groups -OCH3 is 1. The zero-order valence-corrected chi connectivity index (χ0v) is 11.1. The van der Waals surface area contributed by atoms with E-state index in [0.717, 1.165) is 18.1 Å². The average Bonchev–Trinajstić information content (AvgIpc) is 2.94. The van der Waals surface area contributed by atoms with Gasteiger partial charge in [-0.2, -0.15) is 4.98 Å². The average molecular weight is 251 g/mol. The van der Waals surface area contributed by atoms with Crippen molar-refractivity contribution < 1.29 is 9.26 Å². The van der Waals surface area contributed by atoms with Crippen LogP contribution in [0.3, 0.4) is 0 Å². The van der Waals surface area contributed by atoms with Crippen molar-refractivity contribution in [3.63, 3.8) is 0 Å². The van der Waals surface area contributed by atoms with E-state index in [1.54, 1.807) is 7.11 Å². The summed E-state index contributed by atoms with van der Waals surface area (Å²) in [5.41, 5.74) is 0. The minimum Gasteiger partial charge on any atom is -0.373 e. The molecule has 0 spiro atoms. The van der Waals surface area contributed by atoms with Gasteiger partial charge in [0.2, 0.25) is 11.7 Å². The molecule has 2 aliphatic carbocycles. The molecule has 0 aromatic carbocycles. The van der Waals surface area contributed by atoms with Crippen LogP contribution in [0.25, 0.3) is 0 Å². The van der Waals surface area contributed by atoms with Crippen LogP contribution in [0.4, 0.5) is 0 Å². The molecule has 1 N–H and O–H groups in total. The van der Waals surface area contributed by atoms with Crippen molar-refractivity contribution in [1.29, 1.82) is 0 Å². The first kappa shape index (κ1) is 12.1. The van der Waals surface area contributed by atoms with Gasteiger partial charge in [-0.05, 0) is 38.6 Å². The molecule has 5 nitrogen and oxygen atoms in total. The van der Waals surface area contributed by atoms with E-state index in [2.05, 4.69) is 15.5 Å². The first-order valence-electron chi connectivity index (χ1n) is 6.87. The Balaban J connectivity index is 1.76. The van der Waals surface area contributed by atoms with E-state index < -0.39 is 0 Å². The minimum atomic E-state index is 0.0249. The normalized spacial score (nSPS) is 29.7. The van der Waals surface area contributed by atoms with Crippen LogP contribution in [0.2, 0.25) is 0 Å². The molecular weight excluding hydrogens is 230 g/mol. The molecule has 0 amide bonds. The second-order valence-electron chi connectivity index (χ2n) is 5.42. The highest BCUT2D eigenvalue weighted by molar-refractivity contribution is 5.05. The smallest absolute Gasteiger partial charge is 0.231 e. The van der Waals surface area contributed by atoms with Gasteiger partial charge in [-0.15, -0.1) is 0 Å². The number of ether oxygens (including phenoxy) is 1. The van der Waals surface area contributed by atoms with Crippen LogP contribution in [0.1, 0.15) is 55.8 Å². The molecule has 100 valence electrons. The Bertz CT molecular complexity index is 403. The highest BCUT2D eigenvalue weighted by Gasteiger charge is 2.37. The van der Waals surface area contributed by atoms with Crippen LogP contribution < -0.4 is 5.32 Å². The lowest BCUT2D eigenvalue weighted by Crippen LogP contribution is -2.27. The maximum Gasteiger partial charge on any atom is 0.231 e. The van der Waals surface area contributed by atoms with E-state index >= 15 is 0 Å². The topological polar surface area (TPSA) is 60.2 Å². The summed E-state index contributed by atoms with van der Waals surface area (Å²) >= 11 is 0. The van der Waals surface area contributed by atoms with Gasteiger partial charge in [0.25, 0.3) is 0 Å². The summed E-state index contributed by atoms with van der Waals surface area (Å²) in [7, 11) is 3.73. The summed E-state index contributed by atoms with van der Waals surface area (Å²) in [5.74, 6) is 2.47. The zero-order chi connectivity index (χ0) is 12.5. The SMILES string of the molecule is CNC1CCCC1c1nc(C(OC)C2CC2)no1. The van der Waals surface area contributed by atoms with E-state index in [0.29, 0.717) is 17.9 Å². The largest absolute Gasteiger partial charge is 0.373 e. The predicted octanol–water partition coefficient (Wildman–Crippen LogP) is 2.02. The van der Waals surface area contributed by atoms with Crippen LogP contribution in [0, 0.1) is 5.92 Å². The maximum absolute atomic E-state index is 5.49. The van der Waals surface area contributed by atoms with Crippen LogP contribution in [-0.4, -0.2) is 30.3 Å². The van der Waals surface area contributed by atoms with Crippen molar-refractivity contribution in [2.75, 3.05) is 14.2 Å². The molecule has 0 radical (unpaired) electrons. The van der Waals surface area contributed by atoms with Gasteiger partial charge in [-0.25, -0.2) is 0 Å². The van der Waals surface area contributed by atoms with E-state index in [1.165, 1.54) is 25.7 Å². The third-order valence-electron chi connectivity index (χ3n) is 4.22. The van der Waals surface area contributed by atoms with Gasteiger partial charge in [0.05, 0.1) is 5.92 Å². The molecule has 1 aromatic heterocycles. The van der Waals surface area contributed by atoms with Crippen LogP contribution in [0.15, 0.2) is 4.52 Å². The number of rotatable bonds is 5. The van der Waals surface area contributed by atoms with Crippen LogP contribution in [0.5, 0.6) is 0 Å². The van der Waals surface area contributed by atoms with Gasteiger partial charge in [0, 0.05) is 13.2 Å². The molecular formula is C13H21N3O2. The van der Waals surface area contributed by atoms with Crippen molar-refractivity contribution in [3.05, 3.63) is 11.7 Å². The number of likely N-dealkylation sites (N-methyl/N-ethyl adjacent to an activating group) is 1. The molecule has 0 saturated heterocycles. The Hall–Kier alpha value is -0.940. The van der Waals surface area contributed by atoms with Gasteiger partial charge in [-0.1, -0.05) is 11.6 Å². The van der Waals surface area contributed by atoms with Gasteiger partial charge >= 0.3 is 0 Å². The van der Waals surface area contributed by atoms with Gasteiger partial charge in [0.1, 0.15) is 6.10 Å². The molecule has 2 saturated carbocycles. The second kappa shape index (κ2) is 4.97. The lowest BCUT2D eigenvalue weighted by Gasteiger charge is -2.14. The number of nitrogens with zero attached hydrogens (tertiary/aromatic N) is 2. The van der Waals surface area contributed by atoms with E-state index in [4.69, 9.17) is 9.26 Å². The quantitative estimate of drug-likeness (QED) is 0.867. The fourth-order valence-electron chi connectivity index (χ4n) is 3.02. The summed E-state index contributed by atoms with van der Waals surface area (Å²) in [6.07, 6.45) is 6.00. The van der Waals surface area contributed by atoms with Gasteiger partial charge < -0.3 is 14.6 Å². The minimum absolute atomic E-state index is 0.0249. The third kappa shape index (κ3) is 2.17. The molecule has 2 aliphatic rings. The fraction of sp³-hybridized carbons (Fsp3) is 0.846. The molecule has 5 heteroatoms. The summed E-state index contributed by atoms with van der Waals surface area (Å²) in [6, 6.07) is 0.472. The summed E-state index contributed by atoms with van der Waals surface area (Å²) in [6.45, 7) is 0. The number of nitrogens with one attached hydrogen (secondary N) is 1. The molecule has 3 rings (SSSR count). The van der Waals surface area contributed by atoms with E-state index in [9.17, 15) is 0 Å². The fourth-order valence-corrected chi connectivity index (χ4v) is 3.02. The molecule has 2 fully saturated rings. The Labute approximate surface area is 107 Å². The van der Waals surface area contributed by atoms with Crippen molar-refractivity contribution >= 4 is 0 Å². The Kier molecular flexibility index (Phi) is 3.35. The van der Waals surface area contributed by atoms with Crippen molar-refractivity contribution in [1.82, 2.24) is 15.5 Å². The van der Waals surface area contributed by atoms with Gasteiger partial charge in [0.15, 0.2) is 0 Å². The molecule has 18 heavy (non-hydrogen) atoms. The molecule has 0 bridgehead atoms. The summed E-state index contributed by atoms with van der Waals surface area (Å²) < 4.78 is 10.9. The Morgan fingerprint density at radius 3 is 2.83 bits per heavy atom. The molecule has 1 heterocycles. The van der Waals surface area contributed by atoms with Crippen molar-refractivity contribution in [3.8, 4) is 0 Å². The maximum atomic E-state index is 5.49. The summed E-state index contributed by atoms with van der Waals surface area (Å²) in [5, 5.41) is 7.46. The predicted molar refractivity (Wildman–Crippen MR) is 66.2 cm³/mol. The highest BCUT2D eigenvalue weighted by atomic mass is 16.5. The highest BCUT2D eigenvalue weighted by Crippen LogP contribution is 2.42. The van der Waals surface area contributed by atoms with E-state index in [1.807, 2.05) is 7.05 Å². The first-order valence-corrected chi connectivity index (χ1v) is 6.87. The molecule has 1 aromatic rings. The number of hydrogen-bond acceptors (Lipinski definition) is 5. The third-order valence-corrected chi connectivity index (χ3v) is 4.22. The Morgan fingerprint density at radius 2 is 2.17 bits per heavy atom. The first-order chi connectivity index (χ1) is 8.83. The lowest BCUT2D eigenvalue weighted by atomic mass is 10.0. The van der Waals surface area contributed by atoms with E-state index in [-0.39, 0.29) is 6.10 Å². The van der Waals surface area contributed by atoms with Crippen LogP contribution in [-0.2, 0) is 4.74 Å². The molecule has 3 atom stereocenters. The number of hydrogen-bond donors (Lipinski definition) is 1. The molecule has 3 unspecified atom stereocenters. The lowest BCUT2D eigenvalue weighted by molar-refractivity contribution is 0.0751. The molecule has 0 aliphatic heterocycles. The Morgan fingerprint density at radius 1 is 1.33 bits per heavy atom. The summed E-state index contributed by atoms with van der Waals surface area (Å²) in [4.78, 5) is 4.58. The van der Waals surface area contributed by atoms with Gasteiger partial charge in [-0.3, -0.25) is 0 Å². The van der Waals surface area contributed by atoms with Crippen molar-refractivity contribution in [2.24, 2.45) is 5.92 Å². The number of aromatic nitrogens is 2. The van der Waals surface area contributed by atoms with Crippen molar-refractivity contribution in [2.45, 2.75) is 50.2 Å². The van der Waals surface area contributed by atoms with Crippen LogP contribution >= 0.6 is 0 Å². The standard InChI is InChI=1S/C13H21N3O2/c1-14-10-5-3-4-9(10)13-15-12(16-18-13)11(17-2)8-6-7-8/h8-11,14H,3-7H2,1-2H3. The monoisotopic (exact) mass is 251 g/mol. The zero-order valence-electron chi connectivity index (χ0n) is 11.1.